The Hall–Kier alpha value is -1.88. The highest BCUT2D eigenvalue weighted by atomic mass is 16.5. The molecule has 1 unspecified atom stereocenters. The van der Waals surface area contributed by atoms with E-state index in [0.29, 0.717) is 0 Å². The van der Waals surface area contributed by atoms with E-state index < -0.39 is 0 Å². The lowest BCUT2D eigenvalue weighted by Crippen LogP contribution is -2.35. The summed E-state index contributed by atoms with van der Waals surface area (Å²) in [6.07, 6.45) is 5.20. The molecule has 3 aliphatic heterocycles. The SMILES string of the molecule is C=C(C1=C(C)C(OC2=CC3=C(CCO3)CN2)CC1)N1CCOCC1. The van der Waals surface area contributed by atoms with E-state index in [0.717, 1.165) is 76.1 Å². The number of morpholine rings is 1. The lowest BCUT2D eigenvalue weighted by Gasteiger charge is -2.31. The summed E-state index contributed by atoms with van der Waals surface area (Å²) in [6, 6.07) is 0. The Morgan fingerprint density at radius 3 is 2.96 bits per heavy atom. The van der Waals surface area contributed by atoms with Crippen LogP contribution in [0.5, 0.6) is 0 Å². The van der Waals surface area contributed by atoms with Gasteiger partial charge in [0.1, 0.15) is 11.9 Å². The molecule has 4 aliphatic rings. The third-order valence-electron chi connectivity index (χ3n) is 5.37. The number of nitrogens with zero attached hydrogens (tertiary/aromatic N) is 1. The van der Waals surface area contributed by atoms with Gasteiger partial charge < -0.3 is 24.4 Å². The number of hydrogen-bond donors (Lipinski definition) is 1. The van der Waals surface area contributed by atoms with Crippen LogP contribution in [0.1, 0.15) is 26.2 Å². The van der Waals surface area contributed by atoms with Gasteiger partial charge in [0.05, 0.1) is 19.8 Å². The highest BCUT2D eigenvalue weighted by molar-refractivity contribution is 5.38. The molecule has 0 aromatic carbocycles. The Kier molecular flexibility index (Phi) is 4.27. The predicted molar refractivity (Wildman–Crippen MR) is 92.0 cm³/mol. The molecule has 0 bridgehead atoms. The number of rotatable bonds is 4. The number of ether oxygens (including phenoxy) is 3. The molecule has 0 saturated carbocycles. The summed E-state index contributed by atoms with van der Waals surface area (Å²) in [7, 11) is 0. The minimum absolute atomic E-state index is 0.125. The summed E-state index contributed by atoms with van der Waals surface area (Å²) in [5, 5.41) is 3.37. The molecule has 0 radical (unpaired) electrons. The predicted octanol–water partition coefficient (Wildman–Crippen LogP) is 2.45. The summed E-state index contributed by atoms with van der Waals surface area (Å²) in [5.74, 6) is 1.83. The minimum Gasteiger partial charge on any atom is -0.493 e. The van der Waals surface area contributed by atoms with Gasteiger partial charge in [-0.25, -0.2) is 0 Å². The molecule has 1 saturated heterocycles. The Bertz CT molecular complexity index is 627. The Labute approximate surface area is 143 Å². The van der Waals surface area contributed by atoms with Crippen LogP contribution in [-0.4, -0.2) is 50.5 Å². The maximum absolute atomic E-state index is 6.23. The second-order valence-corrected chi connectivity index (χ2v) is 6.78. The van der Waals surface area contributed by atoms with Crippen molar-refractivity contribution in [3.8, 4) is 0 Å². The first-order chi connectivity index (χ1) is 11.7. The number of hydrogen-bond acceptors (Lipinski definition) is 5. The highest BCUT2D eigenvalue weighted by Gasteiger charge is 2.29. The molecule has 0 amide bonds. The number of nitrogens with one attached hydrogen (secondary N) is 1. The van der Waals surface area contributed by atoms with Crippen LogP contribution in [0.15, 0.2) is 46.7 Å². The summed E-state index contributed by atoms with van der Waals surface area (Å²) in [6.45, 7) is 11.6. The van der Waals surface area contributed by atoms with Crippen LogP contribution in [0.4, 0.5) is 0 Å². The van der Waals surface area contributed by atoms with Crippen LogP contribution in [0.3, 0.4) is 0 Å². The summed E-state index contributed by atoms with van der Waals surface area (Å²) in [4.78, 5) is 2.34. The van der Waals surface area contributed by atoms with E-state index in [4.69, 9.17) is 14.2 Å². The lowest BCUT2D eigenvalue weighted by atomic mass is 10.1. The fourth-order valence-corrected chi connectivity index (χ4v) is 3.85. The van der Waals surface area contributed by atoms with Crippen molar-refractivity contribution in [1.29, 1.82) is 0 Å². The zero-order valence-corrected chi connectivity index (χ0v) is 14.4. The zero-order valence-electron chi connectivity index (χ0n) is 14.4. The van der Waals surface area contributed by atoms with Gasteiger partial charge in [0.25, 0.3) is 0 Å². The second-order valence-electron chi connectivity index (χ2n) is 6.78. The van der Waals surface area contributed by atoms with E-state index in [1.54, 1.807) is 0 Å². The molecule has 5 heteroatoms. The standard InChI is InChI=1S/C19H26N2O3/c1-13-16(14(2)21-6-9-22-10-7-21)3-4-17(13)24-19-11-18-15(12-20-19)5-8-23-18/h11,17,20H,2-10,12H2,1H3. The van der Waals surface area contributed by atoms with Gasteiger partial charge in [-0.05, 0) is 36.5 Å². The van der Waals surface area contributed by atoms with Crippen LogP contribution in [0, 0.1) is 0 Å². The normalized spacial score (nSPS) is 26.8. The molecule has 0 aromatic rings. The van der Waals surface area contributed by atoms with Crippen LogP contribution >= 0.6 is 0 Å². The quantitative estimate of drug-likeness (QED) is 0.858. The first kappa shape index (κ1) is 15.6. The van der Waals surface area contributed by atoms with Crippen molar-refractivity contribution in [2.45, 2.75) is 32.3 Å². The average Bonchev–Trinajstić information content (AvgIpc) is 3.22. The molecule has 1 aliphatic carbocycles. The van der Waals surface area contributed by atoms with E-state index in [1.165, 1.54) is 16.7 Å². The van der Waals surface area contributed by atoms with E-state index >= 15 is 0 Å². The molecule has 130 valence electrons. The van der Waals surface area contributed by atoms with Gasteiger partial charge in [-0.2, -0.15) is 0 Å². The Morgan fingerprint density at radius 1 is 1.29 bits per heavy atom. The summed E-state index contributed by atoms with van der Waals surface area (Å²) >= 11 is 0. The summed E-state index contributed by atoms with van der Waals surface area (Å²) in [5.41, 5.74) is 5.16. The summed E-state index contributed by atoms with van der Waals surface area (Å²) < 4.78 is 17.3. The van der Waals surface area contributed by atoms with Crippen molar-refractivity contribution >= 4 is 0 Å². The van der Waals surface area contributed by atoms with Crippen LogP contribution in [-0.2, 0) is 14.2 Å². The number of allylic oxidation sites excluding steroid dienone is 2. The van der Waals surface area contributed by atoms with Gasteiger partial charge >= 0.3 is 0 Å². The molecule has 1 N–H and O–H groups in total. The van der Waals surface area contributed by atoms with Gasteiger partial charge in [0, 0.05) is 37.8 Å². The molecule has 3 heterocycles. The molecule has 4 rings (SSSR count). The fourth-order valence-electron chi connectivity index (χ4n) is 3.85. The molecule has 5 nitrogen and oxygen atoms in total. The van der Waals surface area contributed by atoms with Crippen LogP contribution < -0.4 is 5.32 Å². The Morgan fingerprint density at radius 2 is 2.12 bits per heavy atom. The third kappa shape index (κ3) is 2.93. The van der Waals surface area contributed by atoms with Crippen LogP contribution in [0.2, 0.25) is 0 Å². The van der Waals surface area contributed by atoms with Crippen molar-refractivity contribution in [2.24, 2.45) is 0 Å². The van der Waals surface area contributed by atoms with Crippen molar-refractivity contribution < 1.29 is 14.2 Å². The maximum atomic E-state index is 6.23. The second kappa shape index (κ2) is 6.55. The van der Waals surface area contributed by atoms with Crippen molar-refractivity contribution in [2.75, 3.05) is 39.5 Å². The third-order valence-corrected chi connectivity index (χ3v) is 5.37. The minimum atomic E-state index is 0.125. The monoisotopic (exact) mass is 330 g/mol. The molecule has 1 atom stereocenters. The molecule has 1 fully saturated rings. The molecule has 0 aromatic heterocycles. The van der Waals surface area contributed by atoms with Crippen LogP contribution in [0.25, 0.3) is 0 Å². The van der Waals surface area contributed by atoms with Gasteiger partial charge in [0.15, 0.2) is 5.88 Å². The molecule has 24 heavy (non-hydrogen) atoms. The lowest BCUT2D eigenvalue weighted by molar-refractivity contribution is 0.0548. The first-order valence-corrected chi connectivity index (χ1v) is 8.91. The van der Waals surface area contributed by atoms with E-state index in [-0.39, 0.29) is 6.10 Å². The largest absolute Gasteiger partial charge is 0.493 e. The van der Waals surface area contributed by atoms with E-state index in [1.807, 2.05) is 6.08 Å². The van der Waals surface area contributed by atoms with Crippen molar-refractivity contribution in [3.05, 3.63) is 46.7 Å². The Balaban J connectivity index is 1.43. The smallest absolute Gasteiger partial charge is 0.191 e. The molecule has 0 spiro atoms. The van der Waals surface area contributed by atoms with Gasteiger partial charge in [-0.1, -0.05) is 6.58 Å². The topological polar surface area (TPSA) is 43.0 Å². The maximum Gasteiger partial charge on any atom is 0.191 e. The molecular weight excluding hydrogens is 304 g/mol. The average molecular weight is 330 g/mol. The first-order valence-electron chi connectivity index (χ1n) is 8.91. The van der Waals surface area contributed by atoms with Gasteiger partial charge in [-0.3, -0.25) is 0 Å². The van der Waals surface area contributed by atoms with E-state index in [2.05, 4.69) is 23.7 Å². The molecular formula is C19H26N2O3. The number of dihydropyridines is 1. The zero-order chi connectivity index (χ0) is 16.5. The van der Waals surface area contributed by atoms with Crippen molar-refractivity contribution in [3.63, 3.8) is 0 Å². The van der Waals surface area contributed by atoms with Gasteiger partial charge in [0.2, 0.25) is 0 Å². The fraction of sp³-hybridized carbons (Fsp3) is 0.579. The van der Waals surface area contributed by atoms with Gasteiger partial charge in [-0.15, -0.1) is 0 Å². The van der Waals surface area contributed by atoms with Crippen molar-refractivity contribution in [1.82, 2.24) is 10.2 Å². The highest BCUT2D eigenvalue weighted by Crippen LogP contribution is 2.35. The van der Waals surface area contributed by atoms with E-state index in [9.17, 15) is 0 Å².